The van der Waals surface area contributed by atoms with Crippen LogP contribution in [0.1, 0.15) is 110 Å². The lowest BCUT2D eigenvalue weighted by molar-refractivity contribution is 0.102. The van der Waals surface area contributed by atoms with Crippen LogP contribution in [0.5, 0.6) is 0 Å². The molecular weight excluding hydrogens is 307 g/mol. The van der Waals surface area contributed by atoms with Gasteiger partial charge in [0.1, 0.15) is 0 Å². The highest BCUT2D eigenvalue weighted by Gasteiger charge is 2.34. The second-order valence-corrected chi connectivity index (χ2v) is 9.86. The van der Waals surface area contributed by atoms with Crippen LogP contribution in [0.25, 0.3) is 0 Å². The Hall–Kier alpha value is -0.0700. The lowest BCUT2D eigenvalue weighted by atomic mass is 9.64. The molecule has 0 saturated heterocycles. The Bertz CT molecular complexity index is 341. The van der Waals surface area contributed by atoms with Crippen LogP contribution in [0.15, 0.2) is 0 Å². The van der Waals surface area contributed by atoms with Gasteiger partial charge in [-0.05, 0) is 99.7 Å². The van der Waals surface area contributed by atoms with Crippen LogP contribution in [-0.4, -0.2) is 6.67 Å². The minimum Gasteiger partial charge on any atom is -0.251 e. The maximum absolute atomic E-state index is 12.4. The van der Waals surface area contributed by atoms with Crippen LogP contribution < -0.4 is 0 Å². The standard InChI is InChI=1S/C24H43F/c1-2-4-19-6-10-21(11-7-19)23-14-16-24(17-15-23)22-12-8-20(9-13-22)5-3-18-25/h19-24H,2-18H2,1H3/t19?,20-,21?,22-,23?,24?. The molecular formula is C24H43F. The van der Waals surface area contributed by atoms with Gasteiger partial charge in [0, 0.05) is 0 Å². The maximum atomic E-state index is 12.4. The van der Waals surface area contributed by atoms with Crippen molar-refractivity contribution in [2.24, 2.45) is 35.5 Å². The van der Waals surface area contributed by atoms with Gasteiger partial charge >= 0.3 is 0 Å². The largest absolute Gasteiger partial charge is 0.251 e. The normalized spacial score (nSPS) is 40.1. The SMILES string of the molecule is CCCC1CCC(C2CCC([C@H]3CC[C@H](CCCF)CC3)CC2)CC1. The summed E-state index contributed by atoms with van der Waals surface area (Å²) in [5, 5.41) is 0. The van der Waals surface area contributed by atoms with E-state index in [0.29, 0.717) is 0 Å². The zero-order valence-corrected chi connectivity index (χ0v) is 16.9. The Morgan fingerprint density at radius 3 is 1.28 bits per heavy atom. The second-order valence-electron chi connectivity index (χ2n) is 9.86. The predicted octanol–water partition coefficient (Wildman–Crippen LogP) is 7.96. The minimum absolute atomic E-state index is 0.107. The molecule has 3 saturated carbocycles. The predicted molar refractivity (Wildman–Crippen MR) is 106 cm³/mol. The fraction of sp³-hybridized carbons (Fsp3) is 1.00. The number of halogens is 1. The Kier molecular flexibility index (Phi) is 8.12. The maximum Gasteiger partial charge on any atom is 0.0894 e. The molecule has 3 fully saturated rings. The van der Waals surface area contributed by atoms with Crippen molar-refractivity contribution >= 4 is 0 Å². The molecule has 0 spiro atoms. The molecule has 0 radical (unpaired) electrons. The summed E-state index contributed by atoms with van der Waals surface area (Å²) in [5.74, 6) is 6.11. The Morgan fingerprint density at radius 2 is 0.920 bits per heavy atom. The fourth-order valence-corrected chi connectivity index (χ4v) is 6.76. The molecule has 0 aromatic carbocycles. The van der Waals surface area contributed by atoms with Gasteiger partial charge in [0.2, 0.25) is 0 Å². The molecule has 1 heteroatoms. The third-order valence-electron chi connectivity index (χ3n) is 8.38. The average Bonchev–Trinajstić information content (AvgIpc) is 2.68. The summed E-state index contributed by atoms with van der Waals surface area (Å²) in [4.78, 5) is 0. The Labute approximate surface area is 156 Å². The average molecular weight is 351 g/mol. The Balaban J connectivity index is 1.34. The van der Waals surface area contributed by atoms with Crippen molar-refractivity contribution in [3.63, 3.8) is 0 Å². The van der Waals surface area contributed by atoms with Crippen LogP contribution in [0, 0.1) is 35.5 Å². The summed E-state index contributed by atoms with van der Waals surface area (Å²) in [6, 6.07) is 0. The van der Waals surface area contributed by atoms with Crippen LogP contribution >= 0.6 is 0 Å². The molecule has 0 atom stereocenters. The van der Waals surface area contributed by atoms with Crippen LogP contribution in [0.3, 0.4) is 0 Å². The molecule has 0 bridgehead atoms. The topological polar surface area (TPSA) is 0 Å². The third kappa shape index (κ3) is 5.70. The summed E-state index contributed by atoms with van der Waals surface area (Å²) in [5.41, 5.74) is 0. The molecule has 3 aliphatic carbocycles. The highest BCUT2D eigenvalue weighted by Crippen LogP contribution is 2.46. The summed E-state index contributed by atoms with van der Waals surface area (Å²) < 4.78 is 12.4. The minimum atomic E-state index is -0.107. The van der Waals surface area contributed by atoms with E-state index in [2.05, 4.69) is 6.92 Å². The Morgan fingerprint density at radius 1 is 0.560 bits per heavy atom. The fourth-order valence-electron chi connectivity index (χ4n) is 6.76. The lowest BCUT2D eigenvalue weighted by Crippen LogP contribution is -2.29. The van der Waals surface area contributed by atoms with Gasteiger partial charge < -0.3 is 0 Å². The van der Waals surface area contributed by atoms with Crippen molar-refractivity contribution in [3.8, 4) is 0 Å². The van der Waals surface area contributed by atoms with E-state index >= 15 is 0 Å². The number of hydrogen-bond donors (Lipinski definition) is 0. The van der Waals surface area contributed by atoms with Crippen molar-refractivity contribution in [2.45, 2.75) is 110 Å². The first-order valence-corrected chi connectivity index (χ1v) is 11.9. The smallest absolute Gasteiger partial charge is 0.0894 e. The molecule has 3 aliphatic rings. The van der Waals surface area contributed by atoms with Gasteiger partial charge in [-0.3, -0.25) is 4.39 Å². The van der Waals surface area contributed by atoms with Crippen molar-refractivity contribution < 1.29 is 4.39 Å². The van der Waals surface area contributed by atoms with E-state index in [-0.39, 0.29) is 6.67 Å². The molecule has 0 heterocycles. The van der Waals surface area contributed by atoms with Crippen LogP contribution in [0.4, 0.5) is 4.39 Å². The second kappa shape index (κ2) is 10.3. The van der Waals surface area contributed by atoms with E-state index in [1.807, 2.05) is 0 Å². The molecule has 25 heavy (non-hydrogen) atoms. The van der Waals surface area contributed by atoms with Gasteiger partial charge in [0.05, 0.1) is 6.67 Å². The highest BCUT2D eigenvalue weighted by molar-refractivity contribution is 4.85. The first-order valence-electron chi connectivity index (χ1n) is 11.9. The summed E-state index contributed by atoms with van der Waals surface area (Å²) in [7, 11) is 0. The van der Waals surface area contributed by atoms with Crippen molar-refractivity contribution in [1.29, 1.82) is 0 Å². The van der Waals surface area contributed by atoms with Crippen molar-refractivity contribution in [3.05, 3.63) is 0 Å². The van der Waals surface area contributed by atoms with Gasteiger partial charge in [-0.1, -0.05) is 45.4 Å². The van der Waals surface area contributed by atoms with E-state index in [1.165, 1.54) is 77.0 Å². The molecule has 146 valence electrons. The number of hydrogen-bond acceptors (Lipinski definition) is 0. The van der Waals surface area contributed by atoms with Gasteiger partial charge in [0.25, 0.3) is 0 Å². The summed E-state index contributed by atoms with van der Waals surface area (Å²) >= 11 is 0. The van der Waals surface area contributed by atoms with Gasteiger partial charge in [-0.15, -0.1) is 0 Å². The summed E-state index contributed by atoms with van der Waals surface area (Å²) in [6.45, 7) is 2.24. The highest BCUT2D eigenvalue weighted by atomic mass is 19.1. The monoisotopic (exact) mass is 350 g/mol. The molecule has 0 nitrogen and oxygen atoms in total. The third-order valence-corrected chi connectivity index (χ3v) is 8.38. The zero-order valence-electron chi connectivity index (χ0n) is 16.9. The van der Waals surface area contributed by atoms with E-state index in [9.17, 15) is 4.39 Å². The first kappa shape index (κ1) is 19.7. The first-order chi connectivity index (χ1) is 12.3. The molecule has 0 N–H and O–H groups in total. The number of rotatable bonds is 7. The van der Waals surface area contributed by atoms with Gasteiger partial charge in [0.15, 0.2) is 0 Å². The zero-order chi connectivity index (χ0) is 17.5. The quantitative estimate of drug-likeness (QED) is 0.437. The van der Waals surface area contributed by atoms with Gasteiger partial charge in [-0.2, -0.15) is 0 Å². The van der Waals surface area contributed by atoms with Gasteiger partial charge in [-0.25, -0.2) is 0 Å². The van der Waals surface area contributed by atoms with E-state index in [0.717, 1.165) is 48.3 Å². The molecule has 0 aromatic heterocycles. The lowest BCUT2D eigenvalue weighted by Gasteiger charge is -2.41. The van der Waals surface area contributed by atoms with Crippen LogP contribution in [-0.2, 0) is 0 Å². The van der Waals surface area contributed by atoms with E-state index in [1.54, 1.807) is 12.8 Å². The molecule has 3 rings (SSSR count). The van der Waals surface area contributed by atoms with E-state index < -0.39 is 0 Å². The summed E-state index contributed by atoms with van der Waals surface area (Å²) in [6.07, 6.45) is 22.8. The van der Waals surface area contributed by atoms with E-state index in [4.69, 9.17) is 0 Å². The molecule has 0 unspecified atom stereocenters. The molecule has 0 aliphatic heterocycles. The molecule has 0 aromatic rings. The molecule has 0 amide bonds. The number of alkyl halides is 1. The van der Waals surface area contributed by atoms with Crippen molar-refractivity contribution in [1.82, 2.24) is 0 Å². The van der Waals surface area contributed by atoms with Crippen LogP contribution in [0.2, 0.25) is 0 Å². The van der Waals surface area contributed by atoms with Crippen molar-refractivity contribution in [2.75, 3.05) is 6.67 Å².